The van der Waals surface area contributed by atoms with E-state index in [-0.39, 0.29) is 0 Å². The molecule has 0 radical (unpaired) electrons. The molecule has 0 atom stereocenters. The summed E-state index contributed by atoms with van der Waals surface area (Å²) in [6.07, 6.45) is 0.862. The number of para-hydroxylation sites is 1. The first-order chi connectivity index (χ1) is 9.67. The van der Waals surface area contributed by atoms with Gasteiger partial charge < -0.3 is 14.9 Å². The van der Waals surface area contributed by atoms with E-state index in [4.69, 9.17) is 14.9 Å². The summed E-state index contributed by atoms with van der Waals surface area (Å²) < 4.78 is 10.8. The van der Waals surface area contributed by atoms with Crippen LogP contribution in [0.25, 0.3) is 11.1 Å². The van der Waals surface area contributed by atoms with Gasteiger partial charge in [0.25, 0.3) is 0 Å². The van der Waals surface area contributed by atoms with Gasteiger partial charge in [-0.2, -0.15) is 0 Å². The predicted octanol–water partition coefficient (Wildman–Crippen LogP) is 3.06. The second-order valence-corrected chi connectivity index (χ2v) is 4.46. The number of aromatic amines is 1. The van der Waals surface area contributed by atoms with E-state index in [1.165, 1.54) is 0 Å². The fourth-order valence-corrected chi connectivity index (χ4v) is 2.10. The van der Waals surface area contributed by atoms with Gasteiger partial charge in [-0.15, -0.1) is 0 Å². The van der Waals surface area contributed by atoms with Crippen LogP contribution in [0.15, 0.2) is 45.6 Å². The monoisotopic (exact) mass is 270 g/mol. The van der Waals surface area contributed by atoms with Crippen molar-refractivity contribution in [2.75, 3.05) is 5.73 Å². The van der Waals surface area contributed by atoms with E-state index in [1.54, 1.807) is 12.1 Å². The number of oxazole rings is 1. The SMILES string of the molecule is CCc1ccccc1Oc1cc2[nH]c(=O)oc2cc1N. The molecule has 2 aromatic carbocycles. The van der Waals surface area contributed by atoms with Crippen molar-refractivity contribution >= 4 is 16.8 Å². The number of ether oxygens (including phenoxy) is 1. The molecule has 5 heteroatoms. The second-order valence-electron chi connectivity index (χ2n) is 4.46. The van der Waals surface area contributed by atoms with Gasteiger partial charge in [0.2, 0.25) is 0 Å². The molecule has 0 amide bonds. The highest BCUT2D eigenvalue weighted by Crippen LogP contribution is 2.32. The van der Waals surface area contributed by atoms with E-state index < -0.39 is 5.76 Å². The Bertz CT molecular complexity index is 817. The van der Waals surface area contributed by atoms with Gasteiger partial charge in [0.05, 0.1) is 11.2 Å². The first kappa shape index (κ1) is 12.3. The topological polar surface area (TPSA) is 81.2 Å². The fraction of sp³-hybridized carbons (Fsp3) is 0.133. The van der Waals surface area contributed by atoms with Crippen LogP contribution in [0.4, 0.5) is 5.69 Å². The first-order valence-corrected chi connectivity index (χ1v) is 6.35. The zero-order chi connectivity index (χ0) is 14.1. The minimum absolute atomic E-state index is 0.420. The number of hydrogen-bond acceptors (Lipinski definition) is 4. The molecule has 0 fully saturated rings. The number of rotatable bonds is 3. The number of fused-ring (bicyclic) bond motifs is 1. The Morgan fingerprint density at radius 3 is 2.85 bits per heavy atom. The molecule has 1 heterocycles. The number of anilines is 1. The zero-order valence-electron chi connectivity index (χ0n) is 11.0. The number of benzene rings is 2. The molecule has 0 aliphatic rings. The van der Waals surface area contributed by atoms with Gasteiger partial charge in [0.15, 0.2) is 11.3 Å². The Morgan fingerprint density at radius 1 is 1.25 bits per heavy atom. The van der Waals surface area contributed by atoms with Gasteiger partial charge in [-0.25, -0.2) is 4.79 Å². The van der Waals surface area contributed by atoms with Crippen LogP contribution in [0, 0.1) is 0 Å². The minimum atomic E-state index is -0.509. The lowest BCUT2D eigenvalue weighted by molar-refractivity contribution is 0.479. The van der Waals surface area contributed by atoms with Crippen LogP contribution in [0.3, 0.4) is 0 Å². The second kappa shape index (κ2) is 4.77. The number of nitrogen functional groups attached to an aromatic ring is 1. The molecule has 20 heavy (non-hydrogen) atoms. The third kappa shape index (κ3) is 2.14. The van der Waals surface area contributed by atoms with Gasteiger partial charge in [0.1, 0.15) is 5.75 Å². The maximum atomic E-state index is 11.2. The van der Waals surface area contributed by atoms with Crippen molar-refractivity contribution in [2.24, 2.45) is 0 Å². The van der Waals surface area contributed by atoms with Crippen LogP contribution < -0.4 is 16.2 Å². The molecule has 0 saturated carbocycles. The smallest absolute Gasteiger partial charge is 0.417 e. The van der Waals surface area contributed by atoms with Gasteiger partial charge in [-0.1, -0.05) is 25.1 Å². The summed E-state index contributed by atoms with van der Waals surface area (Å²) in [5, 5.41) is 0. The molecule has 1 aromatic heterocycles. The summed E-state index contributed by atoms with van der Waals surface area (Å²) in [5.41, 5.74) is 8.43. The van der Waals surface area contributed by atoms with E-state index in [0.717, 1.165) is 17.7 Å². The van der Waals surface area contributed by atoms with Crippen LogP contribution in [0.2, 0.25) is 0 Å². The lowest BCUT2D eigenvalue weighted by atomic mass is 10.1. The molecule has 0 spiro atoms. The van der Waals surface area contributed by atoms with Crippen molar-refractivity contribution in [2.45, 2.75) is 13.3 Å². The number of hydrogen-bond donors (Lipinski definition) is 2. The van der Waals surface area contributed by atoms with Crippen LogP contribution in [-0.4, -0.2) is 4.98 Å². The molecule has 102 valence electrons. The summed E-state index contributed by atoms with van der Waals surface area (Å²) in [6, 6.07) is 11.0. The molecule has 0 unspecified atom stereocenters. The van der Waals surface area contributed by atoms with Crippen molar-refractivity contribution in [1.29, 1.82) is 0 Å². The zero-order valence-corrected chi connectivity index (χ0v) is 11.0. The van der Waals surface area contributed by atoms with Gasteiger partial charge >= 0.3 is 5.76 Å². The Balaban J connectivity index is 2.05. The highest BCUT2D eigenvalue weighted by atomic mass is 16.5. The van der Waals surface area contributed by atoms with Crippen molar-refractivity contribution in [3.63, 3.8) is 0 Å². The third-order valence-electron chi connectivity index (χ3n) is 3.12. The van der Waals surface area contributed by atoms with Gasteiger partial charge in [-0.3, -0.25) is 4.98 Å². The van der Waals surface area contributed by atoms with E-state index >= 15 is 0 Å². The largest absolute Gasteiger partial charge is 0.455 e. The molecule has 0 bridgehead atoms. The fourth-order valence-electron chi connectivity index (χ4n) is 2.10. The molecule has 3 rings (SSSR count). The first-order valence-electron chi connectivity index (χ1n) is 6.35. The number of nitrogens with two attached hydrogens (primary N) is 1. The van der Waals surface area contributed by atoms with Crippen molar-refractivity contribution < 1.29 is 9.15 Å². The molecular weight excluding hydrogens is 256 g/mol. The summed E-state index contributed by atoms with van der Waals surface area (Å²) in [4.78, 5) is 13.7. The highest BCUT2D eigenvalue weighted by Gasteiger charge is 2.10. The van der Waals surface area contributed by atoms with Crippen LogP contribution in [-0.2, 0) is 6.42 Å². The molecule has 0 aliphatic heterocycles. The average Bonchev–Trinajstić information content (AvgIpc) is 2.79. The molecular formula is C15H14N2O3. The lowest BCUT2D eigenvalue weighted by Crippen LogP contribution is -1.95. The number of H-pyrrole nitrogens is 1. The summed E-state index contributed by atoms with van der Waals surface area (Å²) >= 11 is 0. The number of aryl methyl sites for hydroxylation is 1. The Hall–Kier alpha value is -2.69. The standard InChI is InChI=1S/C15H14N2O3/c1-2-9-5-3-4-6-12(9)19-13-8-11-14(7-10(13)16)20-15(18)17-11/h3-8H,2,16H2,1H3,(H,17,18). The molecule has 3 N–H and O–H groups in total. The molecule has 0 saturated heterocycles. The lowest BCUT2D eigenvalue weighted by Gasteiger charge is -2.11. The van der Waals surface area contributed by atoms with Crippen molar-refractivity contribution in [1.82, 2.24) is 4.98 Å². The van der Waals surface area contributed by atoms with Gasteiger partial charge in [0, 0.05) is 12.1 Å². The Kier molecular flexibility index (Phi) is 2.95. The van der Waals surface area contributed by atoms with Crippen molar-refractivity contribution in [3.8, 4) is 11.5 Å². The predicted molar refractivity (Wildman–Crippen MR) is 77.1 cm³/mol. The Labute approximate surface area is 115 Å². The van der Waals surface area contributed by atoms with Crippen LogP contribution in [0.5, 0.6) is 11.5 Å². The minimum Gasteiger partial charge on any atom is -0.455 e. The summed E-state index contributed by atoms with van der Waals surface area (Å²) in [6.45, 7) is 2.06. The Morgan fingerprint density at radius 2 is 2.05 bits per heavy atom. The van der Waals surface area contributed by atoms with E-state index in [9.17, 15) is 4.79 Å². The third-order valence-corrected chi connectivity index (χ3v) is 3.12. The summed E-state index contributed by atoms with van der Waals surface area (Å²) in [5.74, 6) is 0.743. The van der Waals surface area contributed by atoms with E-state index in [0.29, 0.717) is 22.5 Å². The molecule has 3 aromatic rings. The van der Waals surface area contributed by atoms with Crippen molar-refractivity contribution in [3.05, 3.63) is 52.5 Å². The normalized spacial score (nSPS) is 10.8. The molecule has 5 nitrogen and oxygen atoms in total. The average molecular weight is 270 g/mol. The summed E-state index contributed by atoms with van der Waals surface area (Å²) in [7, 11) is 0. The highest BCUT2D eigenvalue weighted by molar-refractivity contribution is 5.80. The van der Waals surface area contributed by atoms with Gasteiger partial charge in [-0.05, 0) is 18.1 Å². The van der Waals surface area contributed by atoms with E-state index in [2.05, 4.69) is 11.9 Å². The van der Waals surface area contributed by atoms with Crippen LogP contribution >= 0.6 is 0 Å². The maximum Gasteiger partial charge on any atom is 0.417 e. The quantitative estimate of drug-likeness (QED) is 0.717. The number of aromatic nitrogens is 1. The van der Waals surface area contributed by atoms with Crippen LogP contribution in [0.1, 0.15) is 12.5 Å². The van der Waals surface area contributed by atoms with E-state index in [1.807, 2.05) is 24.3 Å². The maximum absolute atomic E-state index is 11.2. The number of nitrogens with one attached hydrogen (secondary N) is 1. The molecule has 0 aliphatic carbocycles.